The van der Waals surface area contributed by atoms with Crippen molar-refractivity contribution in [1.82, 2.24) is 4.98 Å². The van der Waals surface area contributed by atoms with Crippen molar-refractivity contribution in [3.63, 3.8) is 0 Å². The molecular weight excluding hydrogens is 292 g/mol. The van der Waals surface area contributed by atoms with Gasteiger partial charge in [0.15, 0.2) is 11.6 Å². The highest BCUT2D eigenvalue weighted by Gasteiger charge is 2.14. The summed E-state index contributed by atoms with van der Waals surface area (Å²) in [7, 11) is 0. The van der Waals surface area contributed by atoms with E-state index >= 15 is 0 Å². The Bertz CT molecular complexity index is 631. The molecule has 1 saturated carbocycles. The van der Waals surface area contributed by atoms with Crippen LogP contribution in [0.2, 0.25) is 0 Å². The highest BCUT2D eigenvalue weighted by molar-refractivity contribution is 5.59. The number of hydrogen-bond acceptors (Lipinski definition) is 1. The largest absolute Gasteiger partial charge is 0.256 e. The molecule has 0 spiro atoms. The van der Waals surface area contributed by atoms with E-state index in [4.69, 9.17) is 0 Å². The van der Waals surface area contributed by atoms with E-state index in [2.05, 4.69) is 4.98 Å². The lowest BCUT2D eigenvalue weighted by molar-refractivity contribution is 0.473. The average molecular weight is 315 g/mol. The highest BCUT2D eigenvalue weighted by Crippen LogP contribution is 2.29. The zero-order valence-corrected chi connectivity index (χ0v) is 13.4. The molecule has 0 aliphatic heterocycles. The molecule has 23 heavy (non-hydrogen) atoms. The minimum atomic E-state index is -0.833. The molecule has 1 fully saturated rings. The lowest BCUT2D eigenvalue weighted by Gasteiger charge is -2.08. The number of aryl methyl sites for hydroxylation is 1. The third kappa shape index (κ3) is 4.37. The van der Waals surface area contributed by atoms with Gasteiger partial charge in [-0.2, -0.15) is 0 Å². The van der Waals surface area contributed by atoms with Gasteiger partial charge in [0.1, 0.15) is 0 Å². The first-order valence-corrected chi connectivity index (χ1v) is 8.63. The van der Waals surface area contributed by atoms with Crippen molar-refractivity contribution >= 4 is 0 Å². The molecule has 1 aromatic carbocycles. The molecule has 0 unspecified atom stereocenters. The molecule has 1 aliphatic rings. The van der Waals surface area contributed by atoms with Crippen LogP contribution >= 0.6 is 0 Å². The van der Waals surface area contributed by atoms with Gasteiger partial charge < -0.3 is 0 Å². The Balaban J connectivity index is 1.51. The second-order valence-corrected chi connectivity index (χ2v) is 6.58. The van der Waals surface area contributed by atoms with Gasteiger partial charge in [0, 0.05) is 11.8 Å². The van der Waals surface area contributed by atoms with Crippen LogP contribution in [0, 0.1) is 17.6 Å². The number of halogens is 2. The van der Waals surface area contributed by atoms with Gasteiger partial charge in [-0.05, 0) is 48.6 Å². The fraction of sp³-hybridized carbons (Fsp3) is 0.450. The molecule has 122 valence electrons. The van der Waals surface area contributed by atoms with E-state index in [0.29, 0.717) is 11.3 Å². The molecule has 0 radical (unpaired) electrons. The minimum Gasteiger partial charge on any atom is -0.256 e. The SMILES string of the molecule is Fc1ccc(-c2ccc(CCCCC3CCCC3)cn2)cc1F. The number of pyridine rings is 1. The van der Waals surface area contributed by atoms with Crippen molar-refractivity contribution in [2.75, 3.05) is 0 Å². The van der Waals surface area contributed by atoms with Crippen molar-refractivity contribution in [3.8, 4) is 11.3 Å². The van der Waals surface area contributed by atoms with E-state index < -0.39 is 11.6 Å². The summed E-state index contributed by atoms with van der Waals surface area (Å²) in [5, 5.41) is 0. The first-order valence-electron chi connectivity index (χ1n) is 8.63. The van der Waals surface area contributed by atoms with Gasteiger partial charge in [-0.3, -0.25) is 4.98 Å². The van der Waals surface area contributed by atoms with Crippen LogP contribution in [0.25, 0.3) is 11.3 Å². The summed E-state index contributed by atoms with van der Waals surface area (Å²) in [5.74, 6) is -0.697. The van der Waals surface area contributed by atoms with E-state index in [1.54, 1.807) is 6.07 Å². The molecule has 3 heteroatoms. The number of benzene rings is 1. The molecule has 0 atom stereocenters. The smallest absolute Gasteiger partial charge is 0.159 e. The standard InChI is InChI=1S/C20H23F2N/c21-18-11-10-17(13-19(18)22)20-12-9-16(14-23-20)8-4-3-7-15-5-1-2-6-15/h9-15H,1-8H2. The van der Waals surface area contributed by atoms with Crippen LogP contribution in [0.3, 0.4) is 0 Å². The summed E-state index contributed by atoms with van der Waals surface area (Å²) < 4.78 is 26.2. The summed E-state index contributed by atoms with van der Waals surface area (Å²) in [6, 6.07) is 7.82. The predicted molar refractivity (Wildman–Crippen MR) is 89.1 cm³/mol. The number of aromatic nitrogens is 1. The van der Waals surface area contributed by atoms with E-state index in [0.717, 1.165) is 18.4 Å². The van der Waals surface area contributed by atoms with Crippen molar-refractivity contribution in [2.24, 2.45) is 5.92 Å². The Morgan fingerprint density at radius 2 is 1.78 bits per heavy atom. The molecular formula is C20H23F2N. The van der Waals surface area contributed by atoms with Crippen LogP contribution in [0.15, 0.2) is 36.5 Å². The van der Waals surface area contributed by atoms with Crippen molar-refractivity contribution < 1.29 is 8.78 Å². The van der Waals surface area contributed by atoms with E-state index in [9.17, 15) is 8.78 Å². The monoisotopic (exact) mass is 315 g/mol. The quantitative estimate of drug-likeness (QED) is 0.602. The number of rotatable bonds is 6. The topological polar surface area (TPSA) is 12.9 Å². The van der Waals surface area contributed by atoms with Crippen LogP contribution in [-0.2, 0) is 6.42 Å². The van der Waals surface area contributed by atoms with Crippen molar-refractivity contribution in [3.05, 3.63) is 53.7 Å². The van der Waals surface area contributed by atoms with Crippen LogP contribution in [0.1, 0.15) is 50.5 Å². The summed E-state index contributed by atoms with van der Waals surface area (Å²) in [6.07, 6.45) is 12.4. The molecule has 0 amide bonds. The van der Waals surface area contributed by atoms with Crippen molar-refractivity contribution in [2.45, 2.75) is 51.4 Å². The highest BCUT2D eigenvalue weighted by atomic mass is 19.2. The second kappa shape index (κ2) is 7.67. The molecule has 0 N–H and O–H groups in total. The molecule has 2 aromatic rings. The van der Waals surface area contributed by atoms with Crippen LogP contribution in [-0.4, -0.2) is 4.98 Å². The summed E-state index contributed by atoms with van der Waals surface area (Å²) in [6.45, 7) is 0. The molecule has 1 aromatic heterocycles. The Hall–Kier alpha value is -1.77. The van der Waals surface area contributed by atoms with Crippen molar-refractivity contribution in [1.29, 1.82) is 0 Å². The lowest BCUT2D eigenvalue weighted by Crippen LogP contribution is -1.95. The normalized spacial score (nSPS) is 15.2. The molecule has 0 saturated heterocycles. The van der Waals surface area contributed by atoms with E-state index in [-0.39, 0.29) is 0 Å². The molecule has 1 heterocycles. The van der Waals surface area contributed by atoms with Gasteiger partial charge in [-0.25, -0.2) is 8.78 Å². The predicted octanol–water partition coefficient (Wildman–Crippen LogP) is 5.93. The third-order valence-electron chi connectivity index (χ3n) is 4.84. The number of hydrogen-bond donors (Lipinski definition) is 0. The fourth-order valence-electron chi connectivity index (χ4n) is 3.46. The zero-order valence-electron chi connectivity index (χ0n) is 13.4. The van der Waals surface area contributed by atoms with Crippen LogP contribution in [0.4, 0.5) is 8.78 Å². The van der Waals surface area contributed by atoms with E-state index in [1.165, 1.54) is 56.6 Å². The molecule has 1 aliphatic carbocycles. The van der Waals surface area contributed by atoms with Crippen LogP contribution < -0.4 is 0 Å². The second-order valence-electron chi connectivity index (χ2n) is 6.58. The van der Waals surface area contributed by atoms with Crippen LogP contribution in [0.5, 0.6) is 0 Å². The lowest BCUT2D eigenvalue weighted by atomic mass is 9.99. The maximum Gasteiger partial charge on any atom is 0.159 e. The van der Waals surface area contributed by atoms with Gasteiger partial charge >= 0.3 is 0 Å². The van der Waals surface area contributed by atoms with E-state index in [1.807, 2.05) is 18.3 Å². The summed E-state index contributed by atoms with van der Waals surface area (Å²) in [5.41, 5.74) is 2.50. The zero-order chi connectivity index (χ0) is 16.1. The number of nitrogens with zero attached hydrogens (tertiary/aromatic N) is 1. The van der Waals surface area contributed by atoms with Gasteiger partial charge in [-0.1, -0.05) is 44.6 Å². The number of unbranched alkanes of at least 4 members (excludes halogenated alkanes) is 1. The molecule has 0 bridgehead atoms. The Labute approximate surface area is 136 Å². The molecule has 1 nitrogen and oxygen atoms in total. The Morgan fingerprint density at radius 1 is 0.957 bits per heavy atom. The Kier molecular flexibility index (Phi) is 5.37. The van der Waals surface area contributed by atoms with Gasteiger partial charge in [0.05, 0.1) is 5.69 Å². The van der Waals surface area contributed by atoms with Gasteiger partial charge in [0.25, 0.3) is 0 Å². The Morgan fingerprint density at radius 3 is 2.48 bits per heavy atom. The first-order chi connectivity index (χ1) is 11.2. The maximum absolute atomic E-state index is 13.3. The minimum absolute atomic E-state index is 0.608. The summed E-state index contributed by atoms with van der Waals surface area (Å²) >= 11 is 0. The van der Waals surface area contributed by atoms with Gasteiger partial charge in [-0.15, -0.1) is 0 Å². The first kappa shape index (κ1) is 16.1. The maximum atomic E-state index is 13.3. The fourth-order valence-corrected chi connectivity index (χ4v) is 3.46. The van der Waals surface area contributed by atoms with Gasteiger partial charge in [0.2, 0.25) is 0 Å². The third-order valence-corrected chi connectivity index (χ3v) is 4.84. The summed E-state index contributed by atoms with van der Waals surface area (Å²) in [4.78, 5) is 4.39. The molecule has 3 rings (SSSR count). The average Bonchev–Trinajstić information content (AvgIpc) is 3.08.